The van der Waals surface area contributed by atoms with E-state index in [0.717, 1.165) is 12.3 Å². The maximum absolute atomic E-state index is 6.08. The molecule has 0 rings (SSSR count). The van der Waals surface area contributed by atoms with Gasteiger partial charge in [0.2, 0.25) is 0 Å². The van der Waals surface area contributed by atoms with Gasteiger partial charge in [-0.3, -0.25) is 0 Å². The zero-order valence-corrected chi connectivity index (χ0v) is 10.6. The Morgan fingerprint density at radius 3 is 2.29 bits per heavy atom. The molecule has 0 N–H and O–H groups in total. The largest absolute Gasteiger partial charge is 0.0742 e. The predicted molar refractivity (Wildman–Crippen MR) is 67.0 cm³/mol. The van der Waals surface area contributed by atoms with Crippen LogP contribution in [0.25, 0.3) is 0 Å². The van der Waals surface area contributed by atoms with Crippen LogP contribution in [0.2, 0.25) is 5.31 Å². The van der Waals surface area contributed by atoms with Crippen molar-refractivity contribution in [3.63, 3.8) is 0 Å². The van der Waals surface area contributed by atoms with Crippen LogP contribution in [0.1, 0.15) is 72.6 Å². The number of rotatable bonds is 8. The molecule has 0 aliphatic heterocycles. The van der Waals surface area contributed by atoms with Crippen LogP contribution >= 0.6 is 0 Å². The van der Waals surface area contributed by atoms with Crippen molar-refractivity contribution in [3.05, 3.63) is 0 Å². The van der Waals surface area contributed by atoms with Crippen LogP contribution < -0.4 is 0 Å². The van der Waals surface area contributed by atoms with Gasteiger partial charge in [-0.15, -0.1) is 0 Å². The summed E-state index contributed by atoms with van der Waals surface area (Å²) in [4.78, 5) is 0. The fraction of sp³-hybridized carbons (Fsp3) is 1.00. The highest BCUT2D eigenvalue weighted by Crippen LogP contribution is 2.31. The van der Waals surface area contributed by atoms with E-state index >= 15 is 0 Å². The van der Waals surface area contributed by atoms with Crippen LogP contribution in [0, 0.1) is 5.92 Å². The molecule has 0 aromatic heterocycles. The van der Waals surface area contributed by atoms with Crippen LogP contribution in [0.15, 0.2) is 0 Å². The topological polar surface area (TPSA) is 0 Å². The van der Waals surface area contributed by atoms with E-state index in [1.54, 1.807) is 0 Å². The van der Waals surface area contributed by atoms with Crippen molar-refractivity contribution in [2.45, 2.75) is 78.0 Å². The Bertz CT molecular complexity index is 129. The van der Waals surface area contributed by atoms with Crippen molar-refractivity contribution in [1.29, 1.82) is 0 Å². The lowest BCUT2D eigenvalue weighted by Gasteiger charge is -2.22. The van der Waals surface area contributed by atoms with Crippen molar-refractivity contribution in [2.24, 2.45) is 5.92 Å². The molecule has 2 radical (unpaired) electrons. The normalized spacial score (nSPS) is 17.7. The van der Waals surface area contributed by atoms with Crippen LogP contribution in [0.4, 0.5) is 0 Å². The van der Waals surface area contributed by atoms with Crippen LogP contribution in [-0.2, 0) is 0 Å². The molecule has 0 nitrogen and oxygen atoms in total. The summed E-state index contributed by atoms with van der Waals surface area (Å²) in [5.74, 6) is 0.908. The average molecular weight is 194 g/mol. The molecular weight excluding hydrogens is 167 g/mol. The number of hydrogen-bond donors (Lipinski definition) is 0. The standard InChI is InChI=1S/C13H27B/c1-5-12(3)10-8-7-9-11-13(4,14)6-2/h12H,5-11H2,1-4H3. The summed E-state index contributed by atoms with van der Waals surface area (Å²) in [5.41, 5.74) is 0. The maximum Gasteiger partial charge on any atom is 0.0742 e. The number of unbranched alkanes of at least 4 members (excludes halogenated alkanes) is 2. The first-order chi connectivity index (χ1) is 6.52. The first-order valence-electron chi connectivity index (χ1n) is 6.30. The molecule has 0 saturated carbocycles. The molecule has 0 bridgehead atoms. The van der Waals surface area contributed by atoms with E-state index in [0.29, 0.717) is 0 Å². The maximum atomic E-state index is 6.08. The van der Waals surface area contributed by atoms with Gasteiger partial charge in [-0.1, -0.05) is 78.0 Å². The highest BCUT2D eigenvalue weighted by Gasteiger charge is 2.13. The van der Waals surface area contributed by atoms with Gasteiger partial charge in [-0.2, -0.15) is 0 Å². The summed E-state index contributed by atoms with van der Waals surface area (Å²) in [5, 5.41) is 0.0797. The molecule has 2 unspecified atom stereocenters. The molecule has 0 saturated heterocycles. The Morgan fingerprint density at radius 1 is 1.14 bits per heavy atom. The van der Waals surface area contributed by atoms with Crippen LogP contribution in [-0.4, -0.2) is 7.85 Å². The smallest absolute Gasteiger partial charge is 0.0691 e. The quantitative estimate of drug-likeness (QED) is 0.386. The molecule has 0 aromatic rings. The Kier molecular flexibility index (Phi) is 7.40. The lowest BCUT2D eigenvalue weighted by Crippen LogP contribution is -2.06. The van der Waals surface area contributed by atoms with Crippen molar-refractivity contribution < 1.29 is 0 Å². The van der Waals surface area contributed by atoms with E-state index in [9.17, 15) is 0 Å². The molecule has 14 heavy (non-hydrogen) atoms. The van der Waals surface area contributed by atoms with Crippen molar-refractivity contribution in [2.75, 3.05) is 0 Å². The lowest BCUT2D eigenvalue weighted by atomic mass is 9.65. The average Bonchev–Trinajstić information content (AvgIpc) is 2.17. The second kappa shape index (κ2) is 7.37. The monoisotopic (exact) mass is 194 g/mol. The molecule has 0 aliphatic carbocycles. The molecule has 0 aliphatic rings. The molecule has 0 heterocycles. The summed E-state index contributed by atoms with van der Waals surface area (Å²) in [7, 11) is 6.08. The van der Waals surface area contributed by atoms with Gasteiger partial charge in [0.1, 0.15) is 0 Å². The first kappa shape index (κ1) is 14.1. The Labute approximate surface area is 92.3 Å². The fourth-order valence-corrected chi connectivity index (χ4v) is 1.58. The minimum atomic E-state index is 0.0797. The van der Waals surface area contributed by atoms with Gasteiger partial charge in [0.05, 0.1) is 7.85 Å². The van der Waals surface area contributed by atoms with E-state index < -0.39 is 0 Å². The van der Waals surface area contributed by atoms with Gasteiger partial charge in [0, 0.05) is 0 Å². The van der Waals surface area contributed by atoms with Gasteiger partial charge in [-0.25, -0.2) is 0 Å². The molecule has 1 heteroatoms. The van der Waals surface area contributed by atoms with Gasteiger partial charge < -0.3 is 0 Å². The summed E-state index contributed by atoms with van der Waals surface area (Å²) >= 11 is 0. The second-order valence-corrected chi connectivity index (χ2v) is 5.12. The van der Waals surface area contributed by atoms with Crippen molar-refractivity contribution >= 4 is 7.85 Å². The molecule has 0 fully saturated rings. The third-order valence-corrected chi connectivity index (χ3v) is 3.45. The van der Waals surface area contributed by atoms with E-state index in [4.69, 9.17) is 7.85 Å². The van der Waals surface area contributed by atoms with E-state index in [1.807, 2.05) is 0 Å². The van der Waals surface area contributed by atoms with Crippen molar-refractivity contribution in [3.8, 4) is 0 Å². The van der Waals surface area contributed by atoms with Gasteiger partial charge >= 0.3 is 0 Å². The third-order valence-electron chi connectivity index (χ3n) is 3.45. The zero-order valence-electron chi connectivity index (χ0n) is 10.6. The van der Waals surface area contributed by atoms with Crippen molar-refractivity contribution in [1.82, 2.24) is 0 Å². The second-order valence-electron chi connectivity index (χ2n) is 5.12. The molecule has 82 valence electrons. The molecule has 2 atom stereocenters. The van der Waals surface area contributed by atoms with Gasteiger partial charge in [-0.05, 0) is 5.92 Å². The highest BCUT2D eigenvalue weighted by molar-refractivity contribution is 6.14. The van der Waals surface area contributed by atoms with Crippen LogP contribution in [0.5, 0.6) is 0 Å². The predicted octanol–water partition coefficient (Wildman–Crippen LogP) is 4.74. The molecule has 0 amide bonds. The SMILES string of the molecule is [B]C(C)(CC)CCCCCC(C)CC. The first-order valence-corrected chi connectivity index (χ1v) is 6.30. The minimum Gasteiger partial charge on any atom is -0.0691 e. The fourth-order valence-electron chi connectivity index (χ4n) is 1.58. The zero-order chi connectivity index (χ0) is 11.0. The third kappa shape index (κ3) is 7.47. The lowest BCUT2D eigenvalue weighted by molar-refractivity contribution is 0.451. The Balaban J connectivity index is 3.30. The van der Waals surface area contributed by atoms with Gasteiger partial charge in [0.25, 0.3) is 0 Å². The minimum absolute atomic E-state index is 0.0797. The molecule has 0 spiro atoms. The summed E-state index contributed by atoms with van der Waals surface area (Å²) < 4.78 is 0. The Hall–Kier alpha value is 0.0649. The van der Waals surface area contributed by atoms with E-state index in [-0.39, 0.29) is 5.31 Å². The summed E-state index contributed by atoms with van der Waals surface area (Å²) in [6, 6.07) is 0. The highest BCUT2D eigenvalue weighted by atomic mass is 14.1. The molecular formula is C13H27B. The van der Waals surface area contributed by atoms with Crippen LogP contribution in [0.3, 0.4) is 0 Å². The van der Waals surface area contributed by atoms with Gasteiger partial charge in [0.15, 0.2) is 0 Å². The van der Waals surface area contributed by atoms with E-state index in [2.05, 4.69) is 27.7 Å². The van der Waals surface area contributed by atoms with E-state index in [1.165, 1.54) is 38.5 Å². The molecule has 0 aromatic carbocycles. The summed E-state index contributed by atoms with van der Waals surface area (Å²) in [6.07, 6.45) is 9.04. The Morgan fingerprint density at radius 2 is 1.79 bits per heavy atom. The number of hydrogen-bond acceptors (Lipinski definition) is 0. The summed E-state index contributed by atoms with van der Waals surface area (Å²) in [6.45, 7) is 8.97.